The van der Waals surface area contributed by atoms with Gasteiger partial charge in [-0.05, 0) is 19.8 Å². The molecule has 1 saturated heterocycles. The Bertz CT molecular complexity index is 443. The lowest BCUT2D eigenvalue weighted by Crippen LogP contribution is -2.34. The number of nitrogens with one attached hydrogen (secondary N) is 1. The molecule has 2 rings (SSSR count). The van der Waals surface area contributed by atoms with Crippen molar-refractivity contribution in [3.8, 4) is 0 Å². The van der Waals surface area contributed by atoms with Crippen LogP contribution < -0.4 is 11.1 Å². The molecular formula is C12H20N4O2S. The molecule has 1 aromatic rings. The third-order valence-electron chi connectivity index (χ3n) is 3.02. The zero-order valence-electron chi connectivity index (χ0n) is 11.3. The van der Waals surface area contributed by atoms with Gasteiger partial charge < -0.3 is 20.7 Å². The van der Waals surface area contributed by atoms with Crippen molar-refractivity contribution in [3.63, 3.8) is 0 Å². The number of carbonyl (C=O) groups excluding carboxylic acids is 1. The van der Waals surface area contributed by atoms with Crippen LogP contribution in [-0.2, 0) is 4.74 Å². The van der Waals surface area contributed by atoms with E-state index in [1.807, 2.05) is 6.92 Å². The van der Waals surface area contributed by atoms with Gasteiger partial charge >= 0.3 is 0 Å². The molecule has 19 heavy (non-hydrogen) atoms. The van der Waals surface area contributed by atoms with Crippen molar-refractivity contribution in [2.24, 2.45) is 0 Å². The lowest BCUT2D eigenvalue weighted by molar-refractivity contribution is 0.0591. The fourth-order valence-electron chi connectivity index (χ4n) is 2.06. The summed E-state index contributed by atoms with van der Waals surface area (Å²) in [5.41, 5.74) is 5.80. The molecule has 1 aliphatic rings. The summed E-state index contributed by atoms with van der Waals surface area (Å²) in [6.07, 6.45) is 2.23. The first-order chi connectivity index (χ1) is 9.11. The molecule has 0 saturated carbocycles. The lowest BCUT2D eigenvalue weighted by atomic mass is 10.2. The number of nitrogen functional groups attached to an aromatic ring is 1. The normalized spacial score (nSPS) is 18.5. The van der Waals surface area contributed by atoms with Gasteiger partial charge in [-0.1, -0.05) is 11.3 Å². The molecule has 1 unspecified atom stereocenters. The number of amides is 1. The molecule has 1 aliphatic heterocycles. The summed E-state index contributed by atoms with van der Waals surface area (Å²) in [6, 6.07) is 0. The number of thiazole rings is 1. The number of hydrogen-bond acceptors (Lipinski definition) is 6. The molecule has 7 heteroatoms. The molecule has 6 nitrogen and oxygen atoms in total. The van der Waals surface area contributed by atoms with Crippen LogP contribution in [0.1, 0.15) is 29.4 Å². The maximum Gasteiger partial charge on any atom is 0.267 e. The van der Waals surface area contributed by atoms with Gasteiger partial charge in [-0.25, -0.2) is 4.98 Å². The zero-order chi connectivity index (χ0) is 13.8. The summed E-state index contributed by atoms with van der Waals surface area (Å²) in [7, 11) is 1.77. The van der Waals surface area contributed by atoms with Crippen LogP contribution in [0.25, 0.3) is 0 Å². The highest BCUT2D eigenvalue weighted by Gasteiger charge is 2.24. The largest absolute Gasteiger partial charge is 0.382 e. The van der Waals surface area contributed by atoms with E-state index in [1.165, 1.54) is 11.3 Å². The maximum absolute atomic E-state index is 12.3. The van der Waals surface area contributed by atoms with Gasteiger partial charge in [0.2, 0.25) is 0 Å². The van der Waals surface area contributed by atoms with E-state index in [0.717, 1.165) is 26.0 Å². The van der Waals surface area contributed by atoms with Crippen LogP contribution in [0.4, 0.5) is 10.9 Å². The Kier molecular flexibility index (Phi) is 4.60. The summed E-state index contributed by atoms with van der Waals surface area (Å²) >= 11 is 1.30. The van der Waals surface area contributed by atoms with Crippen LogP contribution in [0.3, 0.4) is 0 Å². The van der Waals surface area contributed by atoms with Crippen molar-refractivity contribution < 1.29 is 9.53 Å². The monoisotopic (exact) mass is 284 g/mol. The van der Waals surface area contributed by atoms with E-state index in [-0.39, 0.29) is 12.0 Å². The third-order valence-corrected chi connectivity index (χ3v) is 4.04. The number of nitrogens with two attached hydrogens (primary N) is 1. The van der Waals surface area contributed by atoms with E-state index in [9.17, 15) is 4.79 Å². The minimum atomic E-state index is -0.0883. The molecular weight excluding hydrogens is 264 g/mol. The number of hydrogen-bond donors (Lipinski definition) is 2. The van der Waals surface area contributed by atoms with Gasteiger partial charge in [-0.2, -0.15) is 0 Å². The van der Waals surface area contributed by atoms with Crippen LogP contribution in [0.15, 0.2) is 0 Å². The van der Waals surface area contributed by atoms with E-state index < -0.39 is 0 Å². The second-order valence-electron chi connectivity index (χ2n) is 4.58. The van der Waals surface area contributed by atoms with E-state index in [4.69, 9.17) is 10.5 Å². The summed E-state index contributed by atoms with van der Waals surface area (Å²) in [5.74, 6) is 0.208. The molecule has 0 spiro atoms. The van der Waals surface area contributed by atoms with Crippen molar-refractivity contribution >= 4 is 28.2 Å². The van der Waals surface area contributed by atoms with Crippen molar-refractivity contribution in [1.29, 1.82) is 0 Å². The second kappa shape index (κ2) is 6.21. The Hall–Kier alpha value is -1.34. The number of aromatic nitrogens is 1. The van der Waals surface area contributed by atoms with Crippen LogP contribution in [-0.4, -0.2) is 48.6 Å². The molecule has 0 bridgehead atoms. The minimum Gasteiger partial charge on any atom is -0.382 e. The minimum absolute atomic E-state index is 0.0883. The van der Waals surface area contributed by atoms with Crippen LogP contribution >= 0.6 is 11.3 Å². The van der Waals surface area contributed by atoms with Gasteiger partial charge in [0.05, 0.1) is 6.10 Å². The third kappa shape index (κ3) is 3.36. The lowest BCUT2D eigenvalue weighted by Gasteiger charge is -2.20. The van der Waals surface area contributed by atoms with E-state index in [2.05, 4.69) is 10.3 Å². The molecule has 106 valence electrons. The summed E-state index contributed by atoms with van der Waals surface area (Å²) < 4.78 is 5.53. The summed E-state index contributed by atoms with van der Waals surface area (Å²) in [5, 5.41) is 3.76. The number of carbonyl (C=O) groups is 1. The quantitative estimate of drug-likeness (QED) is 0.854. The standard InChI is InChI=1S/C12H20N4O2S/c1-3-14-12-15-10(13)9(19-12)11(17)16(2)7-8-5-4-6-18-8/h8H,3-7,13H2,1-2H3,(H,14,15). The van der Waals surface area contributed by atoms with Crippen LogP contribution in [0.5, 0.6) is 0 Å². The zero-order valence-corrected chi connectivity index (χ0v) is 12.1. The molecule has 1 fully saturated rings. The van der Waals surface area contributed by atoms with Crippen LogP contribution in [0.2, 0.25) is 0 Å². The smallest absolute Gasteiger partial charge is 0.267 e. The number of likely N-dealkylation sites (N-methyl/N-ethyl adjacent to an activating group) is 1. The SMILES string of the molecule is CCNc1nc(N)c(C(=O)N(C)CC2CCCO2)s1. The first-order valence-electron chi connectivity index (χ1n) is 6.49. The van der Waals surface area contributed by atoms with Crippen molar-refractivity contribution in [1.82, 2.24) is 9.88 Å². The topological polar surface area (TPSA) is 80.5 Å². The average Bonchev–Trinajstić information content (AvgIpc) is 2.99. The fraction of sp³-hybridized carbons (Fsp3) is 0.667. The molecule has 0 radical (unpaired) electrons. The number of anilines is 2. The Morgan fingerprint density at radius 1 is 1.68 bits per heavy atom. The second-order valence-corrected chi connectivity index (χ2v) is 5.58. The van der Waals surface area contributed by atoms with Crippen molar-refractivity contribution in [2.75, 3.05) is 37.8 Å². The van der Waals surface area contributed by atoms with Gasteiger partial charge in [0.1, 0.15) is 10.7 Å². The highest BCUT2D eigenvalue weighted by Crippen LogP contribution is 2.26. The molecule has 0 aromatic carbocycles. The molecule has 0 aliphatic carbocycles. The Balaban J connectivity index is 2.01. The van der Waals surface area contributed by atoms with Gasteiger partial charge in [0.25, 0.3) is 5.91 Å². The van der Waals surface area contributed by atoms with Gasteiger partial charge in [0.15, 0.2) is 5.13 Å². The molecule has 1 aromatic heterocycles. The highest BCUT2D eigenvalue weighted by molar-refractivity contribution is 7.18. The molecule has 1 atom stereocenters. The van der Waals surface area contributed by atoms with E-state index in [0.29, 0.717) is 22.4 Å². The Morgan fingerprint density at radius 2 is 2.47 bits per heavy atom. The maximum atomic E-state index is 12.3. The number of rotatable bonds is 5. The van der Waals surface area contributed by atoms with E-state index >= 15 is 0 Å². The summed E-state index contributed by atoms with van der Waals surface area (Å²) in [6.45, 7) is 4.13. The fourth-order valence-corrected chi connectivity index (χ4v) is 3.01. The Labute approximate surface area is 116 Å². The summed E-state index contributed by atoms with van der Waals surface area (Å²) in [4.78, 5) is 18.6. The van der Waals surface area contributed by atoms with Crippen molar-refractivity contribution in [3.05, 3.63) is 4.88 Å². The first kappa shape index (κ1) is 14.1. The first-order valence-corrected chi connectivity index (χ1v) is 7.30. The average molecular weight is 284 g/mol. The molecule has 1 amide bonds. The number of nitrogens with zero attached hydrogens (tertiary/aromatic N) is 2. The molecule has 2 heterocycles. The predicted molar refractivity (Wildman–Crippen MR) is 76.6 cm³/mol. The predicted octanol–water partition coefficient (Wildman–Crippen LogP) is 1.41. The highest BCUT2D eigenvalue weighted by atomic mass is 32.1. The molecule has 3 N–H and O–H groups in total. The Morgan fingerprint density at radius 3 is 3.11 bits per heavy atom. The van der Waals surface area contributed by atoms with Gasteiger partial charge in [-0.15, -0.1) is 0 Å². The van der Waals surface area contributed by atoms with Gasteiger partial charge in [0, 0.05) is 26.7 Å². The number of ether oxygens (including phenoxy) is 1. The van der Waals surface area contributed by atoms with Gasteiger partial charge in [-0.3, -0.25) is 4.79 Å². The van der Waals surface area contributed by atoms with Crippen molar-refractivity contribution in [2.45, 2.75) is 25.9 Å². The van der Waals surface area contributed by atoms with Crippen LogP contribution in [0, 0.1) is 0 Å². The van der Waals surface area contributed by atoms with E-state index in [1.54, 1.807) is 11.9 Å².